The fourth-order valence-electron chi connectivity index (χ4n) is 1.73. The van der Waals surface area contributed by atoms with Gasteiger partial charge in [-0.3, -0.25) is 0 Å². The molecule has 0 atom stereocenters. The molecular weight excluding hydrogens is 240 g/mol. The van der Waals surface area contributed by atoms with Crippen LogP contribution in [0.15, 0.2) is 24.4 Å². The molecule has 0 saturated carbocycles. The molecule has 100 valence electrons. The summed E-state index contributed by atoms with van der Waals surface area (Å²) in [7, 11) is 0. The van der Waals surface area contributed by atoms with Gasteiger partial charge in [0, 0.05) is 12.8 Å². The maximum Gasteiger partial charge on any atom is 0.154 e. The molecule has 2 aromatic rings. The molecule has 6 heteroatoms. The van der Waals surface area contributed by atoms with Gasteiger partial charge in [-0.15, -0.1) is 5.10 Å². The van der Waals surface area contributed by atoms with Crippen molar-refractivity contribution >= 4 is 23.4 Å². The first kappa shape index (κ1) is 13.1. The summed E-state index contributed by atoms with van der Waals surface area (Å²) in [4.78, 5) is 4.24. The number of imidazole rings is 1. The van der Waals surface area contributed by atoms with Crippen LogP contribution < -0.4 is 11.1 Å². The van der Waals surface area contributed by atoms with Crippen LogP contribution in [0.5, 0.6) is 0 Å². The predicted octanol–water partition coefficient (Wildman–Crippen LogP) is 1.89. The summed E-state index contributed by atoms with van der Waals surface area (Å²) in [6.45, 7) is 3.04. The maximum atomic E-state index is 7.05. The van der Waals surface area contributed by atoms with Crippen LogP contribution in [-0.4, -0.2) is 27.4 Å². The standard InChI is InChI=1S/C13H18N6/c1-2-3-8-16-12-4-5-13-17-9-11(19(13)18-12)10(15)6-7-14/h4-7,9,14H,2-3,8,15H2,1H3,(H,16,18). The Morgan fingerprint density at radius 2 is 2.37 bits per heavy atom. The minimum atomic E-state index is 0.473. The van der Waals surface area contributed by atoms with Gasteiger partial charge in [0.25, 0.3) is 0 Å². The number of unbranched alkanes of at least 4 members (excludes halogenated alkanes) is 1. The molecule has 0 spiro atoms. The number of aromatic nitrogens is 3. The highest BCUT2D eigenvalue weighted by Gasteiger charge is 2.07. The average Bonchev–Trinajstić information content (AvgIpc) is 2.82. The van der Waals surface area contributed by atoms with Crippen molar-refractivity contribution in [1.82, 2.24) is 14.6 Å². The highest BCUT2D eigenvalue weighted by atomic mass is 15.3. The molecule has 0 aliphatic rings. The molecule has 0 aliphatic carbocycles. The van der Waals surface area contributed by atoms with Crippen molar-refractivity contribution in [2.24, 2.45) is 5.73 Å². The van der Waals surface area contributed by atoms with Gasteiger partial charge in [-0.05, 0) is 24.6 Å². The van der Waals surface area contributed by atoms with Crippen molar-refractivity contribution in [3.05, 3.63) is 30.1 Å². The molecule has 0 fully saturated rings. The summed E-state index contributed by atoms with van der Waals surface area (Å²) in [6.07, 6.45) is 6.57. The van der Waals surface area contributed by atoms with Crippen LogP contribution in [-0.2, 0) is 0 Å². The molecule has 0 saturated heterocycles. The van der Waals surface area contributed by atoms with Crippen molar-refractivity contribution in [3.8, 4) is 0 Å². The number of nitrogens with zero attached hydrogens (tertiary/aromatic N) is 3. The van der Waals surface area contributed by atoms with Crippen molar-refractivity contribution in [3.63, 3.8) is 0 Å². The molecule has 0 bridgehead atoms. The Bertz CT molecular complexity index is 598. The van der Waals surface area contributed by atoms with E-state index in [4.69, 9.17) is 11.1 Å². The first-order valence-electron chi connectivity index (χ1n) is 6.31. The summed E-state index contributed by atoms with van der Waals surface area (Å²) in [5.41, 5.74) is 7.78. The summed E-state index contributed by atoms with van der Waals surface area (Å²) in [5, 5.41) is 14.8. The summed E-state index contributed by atoms with van der Waals surface area (Å²) < 4.78 is 1.68. The zero-order chi connectivity index (χ0) is 13.7. The molecule has 0 amide bonds. The number of nitrogens with one attached hydrogen (secondary N) is 2. The van der Waals surface area contributed by atoms with Gasteiger partial charge in [-0.1, -0.05) is 13.3 Å². The molecule has 0 unspecified atom stereocenters. The summed E-state index contributed by atoms with van der Waals surface area (Å²) in [6, 6.07) is 3.79. The van der Waals surface area contributed by atoms with Gasteiger partial charge in [-0.2, -0.15) is 0 Å². The third kappa shape index (κ3) is 2.90. The third-order valence-corrected chi connectivity index (χ3v) is 2.76. The fraction of sp³-hybridized carbons (Fsp3) is 0.308. The lowest BCUT2D eigenvalue weighted by atomic mass is 10.3. The van der Waals surface area contributed by atoms with Gasteiger partial charge in [0.05, 0.1) is 11.9 Å². The van der Waals surface area contributed by atoms with E-state index in [1.165, 1.54) is 6.08 Å². The lowest BCUT2D eigenvalue weighted by Crippen LogP contribution is -2.08. The zero-order valence-electron chi connectivity index (χ0n) is 10.9. The largest absolute Gasteiger partial charge is 0.397 e. The Hall–Kier alpha value is -2.37. The van der Waals surface area contributed by atoms with Crippen molar-refractivity contribution in [2.75, 3.05) is 11.9 Å². The maximum absolute atomic E-state index is 7.05. The van der Waals surface area contributed by atoms with Gasteiger partial charge in [0.1, 0.15) is 11.5 Å². The summed E-state index contributed by atoms with van der Waals surface area (Å²) >= 11 is 0. The quantitative estimate of drug-likeness (QED) is 0.545. The Morgan fingerprint density at radius 3 is 3.11 bits per heavy atom. The molecule has 4 N–H and O–H groups in total. The van der Waals surface area contributed by atoms with Crippen LogP contribution in [0, 0.1) is 5.41 Å². The first-order valence-corrected chi connectivity index (χ1v) is 6.31. The van der Waals surface area contributed by atoms with E-state index in [9.17, 15) is 0 Å². The molecule has 2 rings (SSSR count). The van der Waals surface area contributed by atoms with Gasteiger partial charge in [0.15, 0.2) is 5.65 Å². The molecule has 19 heavy (non-hydrogen) atoms. The van der Waals surface area contributed by atoms with Gasteiger partial charge >= 0.3 is 0 Å². The second-order valence-electron chi connectivity index (χ2n) is 4.20. The lowest BCUT2D eigenvalue weighted by Gasteiger charge is -2.06. The van der Waals surface area contributed by atoms with E-state index < -0.39 is 0 Å². The smallest absolute Gasteiger partial charge is 0.154 e. The van der Waals surface area contributed by atoms with Crippen molar-refractivity contribution in [1.29, 1.82) is 5.41 Å². The van der Waals surface area contributed by atoms with Crippen molar-refractivity contribution in [2.45, 2.75) is 19.8 Å². The SMILES string of the molecule is CCCCNc1ccc2ncc(C(N)=CC=N)n2n1. The van der Waals surface area contributed by atoms with Crippen LogP contribution in [0.25, 0.3) is 11.3 Å². The van der Waals surface area contributed by atoms with Gasteiger partial charge in [0.2, 0.25) is 0 Å². The average molecular weight is 258 g/mol. The number of nitrogens with two attached hydrogens (primary N) is 1. The number of rotatable bonds is 6. The molecule has 2 aromatic heterocycles. The second-order valence-corrected chi connectivity index (χ2v) is 4.20. The van der Waals surface area contributed by atoms with E-state index >= 15 is 0 Å². The topological polar surface area (TPSA) is 92.1 Å². The van der Waals surface area contributed by atoms with E-state index in [1.54, 1.807) is 10.7 Å². The predicted molar refractivity (Wildman–Crippen MR) is 77.3 cm³/mol. The number of hydrogen-bond donors (Lipinski definition) is 3. The highest BCUT2D eigenvalue weighted by molar-refractivity contribution is 5.81. The molecular formula is C13H18N6. The second kappa shape index (κ2) is 5.99. The number of hydrogen-bond acceptors (Lipinski definition) is 5. The number of anilines is 1. The molecule has 6 nitrogen and oxygen atoms in total. The molecule has 0 aliphatic heterocycles. The third-order valence-electron chi connectivity index (χ3n) is 2.76. The van der Waals surface area contributed by atoms with Crippen LogP contribution in [0.3, 0.4) is 0 Å². The van der Waals surface area contributed by atoms with Crippen LogP contribution >= 0.6 is 0 Å². The number of fused-ring (bicyclic) bond motifs is 1. The molecule has 0 aromatic carbocycles. The monoisotopic (exact) mass is 258 g/mol. The molecule has 0 radical (unpaired) electrons. The van der Waals surface area contributed by atoms with E-state index in [0.717, 1.165) is 37.1 Å². The van der Waals surface area contributed by atoms with Gasteiger partial charge < -0.3 is 16.5 Å². The first-order chi connectivity index (χ1) is 9.26. The number of allylic oxidation sites excluding steroid dienone is 1. The van der Waals surface area contributed by atoms with Crippen LogP contribution in [0.4, 0.5) is 5.82 Å². The van der Waals surface area contributed by atoms with E-state index in [1.807, 2.05) is 12.1 Å². The van der Waals surface area contributed by atoms with Crippen LogP contribution in [0.2, 0.25) is 0 Å². The van der Waals surface area contributed by atoms with E-state index in [-0.39, 0.29) is 0 Å². The normalized spacial score (nSPS) is 11.7. The van der Waals surface area contributed by atoms with Gasteiger partial charge in [-0.25, -0.2) is 9.50 Å². The Kier molecular flexibility index (Phi) is 4.12. The summed E-state index contributed by atoms with van der Waals surface area (Å²) in [5.74, 6) is 0.794. The fourth-order valence-corrected chi connectivity index (χ4v) is 1.73. The Labute approximate surface area is 111 Å². The molecule has 2 heterocycles. The van der Waals surface area contributed by atoms with Crippen molar-refractivity contribution < 1.29 is 0 Å². The lowest BCUT2D eigenvalue weighted by molar-refractivity contribution is 0.821. The van der Waals surface area contributed by atoms with E-state index in [0.29, 0.717) is 11.4 Å². The zero-order valence-corrected chi connectivity index (χ0v) is 10.9. The van der Waals surface area contributed by atoms with Crippen LogP contribution in [0.1, 0.15) is 25.5 Å². The Morgan fingerprint density at radius 1 is 1.53 bits per heavy atom. The highest BCUT2D eigenvalue weighted by Crippen LogP contribution is 2.13. The Balaban J connectivity index is 2.32. The minimum absolute atomic E-state index is 0.473. The minimum Gasteiger partial charge on any atom is -0.397 e. The van der Waals surface area contributed by atoms with E-state index in [2.05, 4.69) is 22.3 Å².